The third kappa shape index (κ3) is 4.80. The number of sulfone groups is 1. The SMILES string of the molecule is CCCC(C)(N)CN1CCCS(=O)(=O)CC1. The first-order valence-electron chi connectivity index (χ1n) is 6.06. The van der Waals surface area contributed by atoms with E-state index in [1.807, 2.05) is 0 Å². The van der Waals surface area contributed by atoms with Gasteiger partial charge in [-0.05, 0) is 26.3 Å². The second-order valence-electron chi connectivity index (χ2n) is 5.19. The van der Waals surface area contributed by atoms with Crippen LogP contribution >= 0.6 is 0 Å². The molecule has 0 radical (unpaired) electrons. The van der Waals surface area contributed by atoms with E-state index in [1.165, 1.54) is 0 Å². The summed E-state index contributed by atoms with van der Waals surface area (Å²) < 4.78 is 22.9. The number of nitrogens with two attached hydrogens (primary N) is 1. The Morgan fingerprint density at radius 2 is 2.00 bits per heavy atom. The van der Waals surface area contributed by atoms with Crippen molar-refractivity contribution >= 4 is 9.84 Å². The van der Waals surface area contributed by atoms with Crippen LogP contribution in [0.1, 0.15) is 33.1 Å². The van der Waals surface area contributed by atoms with Gasteiger partial charge >= 0.3 is 0 Å². The predicted octanol–water partition coefficient (Wildman–Crippen LogP) is 0.624. The van der Waals surface area contributed by atoms with Gasteiger partial charge in [-0.3, -0.25) is 0 Å². The van der Waals surface area contributed by atoms with Crippen LogP contribution in [0.4, 0.5) is 0 Å². The molecule has 1 atom stereocenters. The smallest absolute Gasteiger partial charge is 0.151 e. The Labute approximate surface area is 99.1 Å². The van der Waals surface area contributed by atoms with E-state index in [2.05, 4.69) is 18.7 Å². The molecule has 0 spiro atoms. The summed E-state index contributed by atoms with van der Waals surface area (Å²) in [4.78, 5) is 2.19. The fraction of sp³-hybridized carbons (Fsp3) is 1.00. The van der Waals surface area contributed by atoms with E-state index in [9.17, 15) is 8.42 Å². The molecule has 0 aromatic heterocycles. The lowest BCUT2D eigenvalue weighted by molar-refractivity contribution is 0.222. The molecule has 0 saturated carbocycles. The van der Waals surface area contributed by atoms with E-state index >= 15 is 0 Å². The van der Waals surface area contributed by atoms with Crippen LogP contribution in [0, 0.1) is 0 Å². The minimum absolute atomic E-state index is 0.192. The van der Waals surface area contributed by atoms with Crippen LogP contribution < -0.4 is 5.73 Å². The molecule has 0 bridgehead atoms. The average molecular weight is 248 g/mol. The van der Waals surface area contributed by atoms with Crippen LogP contribution in [0.25, 0.3) is 0 Å². The molecule has 1 aliphatic heterocycles. The standard InChI is InChI=1S/C11H24N2O2S/c1-3-5-11(2,12)10-13-6-4-8-16(14,15)9-7-13/h3-10,12H2,1-2H3. The Kier molecular flexibility index (Phi) is 4.76. The fourth-order valence-electron chi connectivity index (χ4n) is 2.31. The zero-order valence-electron chi connectivity index (χ0n) is 10.4. The van der Waals surface area contributed by atoms with E-state index in [1.54, 1.807) is 0 Å². The molecule has 1 heterocycles. The van der Waals surface area contributed by atoms with Crippen LogP contribution in [0.15, 0.2) is 0 Å². The quantitative estimate of drug-likeness (QED) is 0.792. The van der Waals surface area contributed by atoms with Gasteiger partial charge in [0.25, 0.3) is 0 Å². The summed E-state index contributed by atoms with van der Waals surface area (Å²) in [6.45, 7) is 6.47. The van der Waals surface area contributed by atoms with E-state index < -0.39 is 9.84 Å². The van der Waals surface area contributed by atoms with Gasteiger partial charge in [0.05, 0.1) is 11.5 Å². The normalized spacial score (nSPS) is 25.9. The highest BCUT2D eigenvalue weighted by Gasteiger charge is 2.25. The minimum Gasteiger partial charge on any atom is -0.324 e. The van der Waals surface area contributed by atoms with Crippen LogP contribution in [0.2, 0.25) is 0 Å². The van der Waals surface area contributed by atoms with Gasteiger partial charge in [-0.25, -0.2) is 8.42 Å². The first-order valence-corrected chi connectivity index (χ1v) is 7.88. The summed E-state index contributed by atoms with van der Waals surface area (Å²) in [5.74, 6) is 0.619. The molecule has 0 aliphatic carbocycles. The second-order valence-corrected chi connectivity index (χ2v) is 7.49. The summed E-state index contributed by atoms with van der Waals surface area (Å²) in [6, 6.07) is 0. The fourth-order valence-corrected chi connectivity index (χ4v) is 3.62. The lowest BCUT2D eigenvalue weighted by Crippen LogP contribution is -2.48. The monoisotopic (exact) mass is 248 g/mol. The van der Waals surface area contributed by atoms with E-state index in [0.717, 1.165) is 32.4 Å². The van der Waals surface area contributed by atoms with Crippen LogP contribution in [0.3, 0.4) is 0 Å². The average Bonchev–Trinajstić information content (AvgIpc) is 2.27. The largest absolute Gasteiger partial charge is 0.324 e. The highest BCUT2D eigenvalue weighted by molar-refractivity contribution is 7.91. The van der Waals surface area contributed by atoms with Crippen LogP contribution in [0.5, 0.6) is 0 Å². The van der Waals surface area contributed by atoms with Gasteiger partial charge in [0.1, 0.15) is 0 Å². The molecule has 1 rings (SSSR count). The molecule has 2 N–H and O–H groups in total. The minimum atomic E-state index is -2.80. The van der Waals surface area contributed by atoms with Gasteiger partial charge in [0.2, 0.25) is 0 Å². The van der Waals surface area contributed by atoms with Crippen molar-refractivity contribution in [3.05, 3.63) is 0 Å². The van der Waals surface area contributed by atoms with Gasteiger partial charge < -0.3 is 10.6 Å². The Morgan fingerprint density at radius 3 is 2.62 bits per heavy atom. The molecular weight excluding hydrogens is 224 g/mol. The molecule has 1 unspecified atom stereocenters. The molecular formula is C11H24N2O2S. The van der Waals surface area contributed by atoms with Crippen molar-refractivity contribution in [3.8, 4) is 0 Å². The van der Waals surface area contributed by atoms with Gasteiger partial charge in [-0.2, -0.15) is 0 Å². The van der Waals surface area contributed by atoms with E-state index in [-0.39, 0.29) is 11.3 Å². The number of hydrogen-bond donors (Lipinski definition) is 1. The van der Waals surface area contributed by atoms with Crippen molar-refractivity contribution in [1.29, 1.82) is 0 Å². The maximum Gasteiger partial charge on any atom is 0.151 e. The molecule has 0 aromatic carbocycles. The topological polar surface area (TPSA) is 63.4 Å². The molecule has 96 valence electrons. The van der Waals surface area contributed by atoms with E-state index in [0.29, 0.717) is 12.3 Å². The van der Waals surface area contributed by atoms with E-state index in [4.69, 9.17) is 5.73 Å². The highest BCUT2D eigenvalue weighted by Crippen LogP contribution is 2.13. The summed E-state index contributed by atoms with van der Waals surface area (Å²) >= 11 is 0. The lowest BCUT2D eigenvalue weighted by Gasteiger charge is -2.31. The molecule has 16 heavy (non-hydrogen) atoms. The maximum atomic E-state index is 11.4. The summed E-state index contributed by atoms with van der Waals surface area (Å²) in [5, 5.41) is 0. The van der Waals surface area contributed by atoms with Crippen LogP contribution in [-0.4, -0.2) is 50.0 Å². The van der Waals surface area contributed by atoms with Gasteiger partial charge in [-0.15, -0.1) is 0 Å². The first-order chi connectivity index (χ1) is 7.35. The zero-order valence-corrected chi connectivity index (χ0v) is 11.2. The van der Waals surface area contributed by atoms with Crippen LogP contribution in [-0.2, 0) is 9.84 Å². The Hall–Kier alpha value is -0.130. The Bertz CT molecular complexity index is 312. The third-order valence-corrected chi connectivity index (χ3v) is 4.77. The van der Waals surface area contributed by atoms with Gasteiger partial charge in [-0.1, -0.05) is 13.3 Å². The van der Waals surface area contributed by atoms with Crippen molar-refractivity contribution in [2.75, 3.05) is 31.1 Å². The lowest BCUT2D eigenvalue weighted by atomic mass is 9.97. The molecule has 1 aliphatic rings. The molecule has 0 aromatic rings. The highest BCUT2D eigenvalue weighted by atomic mass is 32.2. The van der Waals surface area contributed by atoms with Crippen molar-refractivity contribution in [2.45, 2.75) is 38.6 Å². The van der Waals surface area contributed by atoms with Gasteiger partial charge in [0, 0.05) is 18.6 Å². The molecule has 0 amide bonds. The van der Waals surface area contributed by atoms with Crippen molar-refractivity contribution in [2.24, 2.45) is 5.73 Å². The first kappa shape index (κ1) is 13.9. The molecule has 5 heteroatoms. The summed E-state index contributed by atoms with van der Waals surface area (Å²) in [7, 11) is -2.80. The maximum absolute atomic E-state index is 11.4. The number of rotatable bonds is 4. The predicted molar refractivity (Wildman–Crippen MR) is 67.2 cm³/mol. The van der Waals surface area contributed by atoms with Crippen molar-refractivity contribution < 1.29 is 8.42 Å². The van der Waals surface area contributed by atoms with Crippen molar-refractivity contribution in [3.63, 3.8) is 0 Å². The second kappa shape index (κ2) is 5.47. The Balaban J connectivity index is 2.50. The zero-order chi connectivity index (χ0) is 12.2. The summed E-state index contributed by atoms with van der Waals surface area (Å²) in [5.41, 5.74) is 5.99. The number of hydrogen-bond acceptors (Lipinski definition) is 4. The molecule has 4 nitrogen and oxygen atoms in total. The summed E-state index contributed by atoms with van der Waals surface area (Å²) in [6.07, 6.45) is 2.79. The molecule has 1 saturated heterocycles. The molecule has 1 fully saturated rings. The van der Waals surface area contributed by atoms with Gasteiger partial charge in [0.15, 0.2) is 9.84 Å². The van der Waals surface area contributed by atoms with Crippen molar-refractivity contribution in [1.82, 2.24) is 4.90 Å². The number of nitrogens with zero attached hydrogens (tertiary/aromatic N) is 1. The Morgan fingerprint density at radius 1 is 1.31 bits per heavy atom. The third-order valence-electron chi connectivity index (χ3n) is 3.05.